The van der Waals surface area contributed by atoms with Crippen molar-refractivity contribution in [2.24, 2.45) is 11.8 Å². The molecule has 2 aliphatic rings. The Kier molecular flexibility index (Phi) is 7.32. The van der Waals surface area contributed by atoms with Crippen molar-refractivity contribution >= 4 is 10.0 Å². The van der Waals surface area contributed by atoms with Crippen molar-refractivity contribution in [3.8, 4) is 0 Å². The molecule has 0 amide bonds. The van der Waals surface area contributed by atoms with Gasteiger partial charge in [-0.3, -0.25) is 4.90 Å². The van der Waals surface area contributed by atoms with Gasteiger partial charge in [-0.25, -0.2) is 13.1 Å². The lowest BCUT2D eigenvalue weighted by Gasteiger charge is -2.40. The zero-order chi connectivity index (χ0) is 16.9. The van der Waals surface area contributed by atoms with E-state index >= 15 is 0 Å². The van der Waals surface area contributed by atoms with Crippen molar-refractivity contribution in [2.45, 2.75) is 52.0 Å². The van der Waals surface area contributed by atoms with E-state index in [1.165, 1.54) is 19.3 Å². The van der Waals surface area contributed by atoms with E-state index in [4.69, 9.17) is 0 Å². The Hall–Kier alpha value is -0.170. The quantitative estimate of drug-likeness (QED) is 0.764. The fraction of sp³-hybridized carbons (Fsp3) is 1.00. The number of hydrogen-bond donors (Lipinski definition) is 1. The highest BCUT2D eigenvalue weighted by molar-refractivity contribution is 7.89. The first-order chi connectivity index (χ1) is 10.9. The fourth-order valence-electron chi connectivity index (χ4n) is 3.88. The summed E-state index contributed by atoms with van der Waals surface area (Å²) in [5.74, 6) is 1.14. The van der Waals surface area contributed by atoms with Crippen LogP contribution in [0.4, 0.5) is 0 Å². The van der Waals surface area contributed by atoms with Gasteiger partial charge < -0.3 is 4.90 Å². The molecule has 1 saturated heterocycles. The summed E-state index contributed by atoms with van der Waals surface area (Å²) in [5.41, 5.74) is 0. The molecule has 1 aliphatic heterocycles. The molecule has 1 N–H and O–H groups in total. The van der Waals surface area contributed by atoms with Crippen LogP contribution in [0.1, 0.15) is 46.0 Å². The Labute approximate surface area is 142 Å². The zero-order valence-electron chi connectivity index (χ0n) is 15.1. The Balaban J connectivity index is 1.84. The first kappa shape index (κ1) is 19.2. The fourth-order valence-corrected chi connectivity index (χ4v) is 5.37. The summed E-state index contributed by atoms with van der Waals surface area (Å²) in [5, 5.41) is 0. The molecule has 136 valence electrons. The highest BCUT2D eigenvalue weighted by Gasteiger charge is 2.27. The van der Waals surface area contributed by atoms with Crippen molar-refractivity contribution in [3.63, 3.8) is 0 Å². The Morgan fingerprint density at radius 1 is 1.04 bits per heavy atom. The van der Waals surface area contributed by atoms with E-state index in [9.17, 15) is 8.42 Å². The molecule has 5 nitrogen and oxygen atoms in total. The molecule has 1 aliphatic carbocycles. The van der Waals surface area contributed by atoms with Crippen LogP contribution in [-0.4, -0.2) is 69.8 Å². The van der Waals surface area contributed by atoms with Gasteiger partial charge in [0.25, 0.3) is 0 Å². The van der Waals surface area contributed by atoms with Crippen LogP contribution < -0.4 is 4.72 Å². The maximum atomic E-state index is 12.4. The van der Waals surface area contributed by atoms with Crippen LogP contribution in [-0.2, 0) is 10.0 Å². The van der Waals surface area contributed by atoms with Crippen LogP contribution in [0.25, 0.3) is 0 Å². The summed E-state index contributed by atoms with van der Waals surface area (Å²) in [4.78, 5) is 4.79. The second-order valence-electron chi connectivity index (χ2n) is 7.78. The molecule has 1 atom stereocenters. The lowest BCUT2D eigenvalue weighted by atomic mass is 9.91. The van der Waals surface area contributed by atoms with E-state index in [1.54, 1.807) is 0 Å². The summed E-state index contributed by atoms with van der Waals surface area (Å²) in [6, 6.07) is 0.296. The van der Waals surface area contributed by atoms with Gasteiger partial charge in [0, 0.05) is 38.8 Å². The van der Waals surface area contributed by atoms with Gasteiger partial charge >= 0.3 is 0 Å². The Morgan fingerprint density at radius 2 is 1.65 bits per heavy atom. The van der Waals surface area contributed by atoms with E-state index in [2.05, 4.69) is 35.4 Å². The minimum Gasteiger partial charge on any atom is -0.304 e. The standard InChI is InChI=1S/C17H35N3O2S/c1-15(2)17(20-11-9-19(3)10-12-20)13-18-23(21,22)14-16-7-5-4-6-8-16/h15-18H,4-14H2,1-3H3. The SMILES string of the molecule is CC(C)C(CNS(=O)(=O)CC1CCCCC1)N1CCN(C)CC1. The maximum absolute atomic E-state index is 12.4. The van der Waals surface area contributed by atoms with Gasteiger partial charge in [-0.2, -0.15) is 0 Å². The molecule has 0 aromatic heterocycles. The third-order valence-electron chi connectivity index (χ3n) is 5.47. The van der Waals surface area contributed by atoms with Crippen molar-refractivity contribution in [3.05, 3.63) is 0 Å². The molecule has 23 heavy (non-hydrogen) atoms. The third-order valence-corrected chi connectivity index (χ3v) is 6.99. The Bertz CT molecular complexity index is 439. The van der Waals surface area contributed by atoms with Crippen LogP contribution in [0.5, 0.6) is 0 Å². The van der Waals surface area contributed by atoms with Crippen molar-refractivity contribution in [1.29, 1.82) is 0 Å². The first-order valence-corrected chi connectivity index (χ1v) is 10.9. The summed E-state index contributed by atoms with van der Waals surface area (Å²) in [6.45, 7) is 9.14. The predicted molar refractivity (Wildman–Crippen MR) is 96.1 cm³/mol. The molecule has 1 unspecified atom stereocenters. The molecular weight excluding hydrogens is 310 g/mol. The largest absolute Gasteiger partial charge is 0.304 e. The van der Waals surface area contributed by atoms with Gasteiger partial charge in [0.2, 0.25) is 10.0 Å². The molecule has 0 aromatic carbocycles. The van der Waals surface area contributed by atoms with Crippen LogP contribution >= 0.6 is 0 Å². The smallest absolute Gasteiger partial charge is 0.211 e. The number of piperazine rings is 1. The average molecular weight is 346 g/mol. The number of nitrogens with zero attached hydrogens (tertiary/aromatic N) is 2. The predicted octanol–water partition coefficient (Wildman–Crippen LogP) is 1.76. The molecular formula is C17H35N3O2S. The second kappa shape index (κ2) is 8.79. The highest BCUT2D eigenvalue weighted by Crippen LogP contribution is 2.24. The van der Waals surface area contributed by atoms with Crippen LogP contribution in [0, 0.1) is 11.8 Å². The van der Waals surface area contributed by atoms with E-state index < -0.39 is 10.0 Å². The summed E-state index contributed by atoms with van der Waals surface area (Å²) in [6.07, 6.45) is 5.80. The van der Waals surface area contributed by atoms with Crippen molar-refractivity contribution in [1.82, 2.24) is 14.5 Å². The molecule has 0 radical (unpaired) electrons. The van der Waals surface area contributed by atoms with Crippen molar-refractivity contribution < 1.29 is 8.42 Å². The first-order valence-electron chi connectivity index (χ1n) is 9.27. The lowest BCUT2D eigenvalue weighted by molar-refractivity contribution is 0.0905. The van der Waals surface area contributed by atoms with Crippen LogP contribution in [0.15, 0.2) is 0 Å². The van der Waals surface area contributed by atoms with Gasteiger partial charge in [0.1, 0.15) is 0 Å². The third kappa shape index (κ3) is 6.33. The maximum Gasteiger partial charge on any atom is 0.211 e. The number of rotatable bonds is 7. The van der Waals surface area contributed by atoms with Crippen LogP contribution in [0.3, 0.4) is 0 Å². The van der Waals surface area contributed by atoms with E-state index in [0.29, 0.717) is 30.2 Å². The number of sulfonamides is 1. The molecule has 2 rings (SSSR count). The van der Waals surface area contributed by atoms with E-state index in [1.807, 2.05) is 0 Å². The average Bonchev–Trinajstić information content (AvgIpc) is 2.49. The minimum absolute atomic E-state index is 0.296. The molecule has 1 heterocycles. The van der Waals surface area contributed by atoms with Crippen LogP contribution in [0.2, 0.25) is 0 Å². The minimum atomic E-state index is -3.15. The van der Waals surface area contributed by atoms with Gasteiger partial charge in [-0.15, -0.1) is 0 Å². The number of nitrogens with one attached hydrogen (secondary N) is 1. The summed E-state index contributed by atoms with van der Waals surface area (Å²) < 4.78 is 27.8. The highest BCUT2D eigenvalue weighted by atomic mass is 32.2. The van der Waals surface area contributed by atoms with E-state index in [-0.39, 0.29) is 0 Å². The van der Waals surface area contributed by atoms with Gasteiger partial charge in [0.05, 0.1) is 5.75 Å². The Morgan fingerprint density at radius 3 is 2.22 bits per heavy atom. The molecule has 0 bridgehead atoms. The lowest BCUT2D eigenvalue weighted by Crippen LogP contribution is -2.54. The van der Waals surface area contributed by atoms with Gasteiger partial charge in [-0.1, -0.05) is 33.1 Å². The molecule has 0 aromatic rings. The zero-order valence-corrected chi connectivity index (χ0v) is 15.9. The topological polar surface area (TPSA) is 52.7 Å². The van der Waals surface area contributed by atoms with Gasteiger partial charge in [0.15, 0.2) is 0 Å². The summed E-state index contributed by atoms with van der Waals surface area (Å²) in [7, 11) is -0.999. The van der Waals surface area contributed by atoms with Crippen molar-refractivity contribution in [2.75, 3.05) is 45.5 Å². The van der Waals surface area contributed by atoms with Gasteiger partial charge in [-0.05, 0) is 31.7 Å². The summed E-state index contributed by atoms with van der Waals surface area (Å²) >= 11 is 0. The molecule has 2 fully saturated rings. The normalized spacial score (nSPS) is 24.2. The number of likely N-dealkylation sites (N-methyl/N-ethyl adjacent to an activating group) is 1. The monoisotopic (exact) mass is 345 g/mol. The molecule has 1 saturated carbocycles. The molecule has 0 spiro atoms. The second-order valence-corrected chi connectivity index (χ2v) is 9.64. The van der Waals surface area contributed by atoms with E-state index in [0.717, 1.165) is 39.0 Å². The molecule has 6 heteroatoms. The number of hydrogen-bond acceptors (Lipinski definition) is 4.